The monoisotopic (exact) mass is 574 g/mol. The summed E-state index contributed by atoms with van der Waals surface area (Å²) in [6.07, 6.45) is 0.157. The molecule has 0 aromatic heterocycles. The lowest BCUT2D eigenvalue weighted by atomic mass is 10.1. The molecule has 0 spiro atoms. The van der Waals surface area contributed by atoms with E-state index >= 15 is 0 Å². The third-order valence-electron chi connectivity index (χ3n) is 5.20. The summed E-state index contributed by atoms with van der Waals surface area (Å²) in [6, 6.07) is 22.9. The SMILES string of the molecule is Nc1ccc(Sc2ccc(Cc3ccc(Sc4ccc(N)cc4)c(S(=O)(=O)O)c3)cc2S(=O)(=O)O)cc1. The highest BCUT2D eigenvalue weighted by molar-refractivity contribution is 8.00. The van der Waals surface area contributed by atoms with E-state index in [4.69, 9.17) is 11.5 Å². The third kappa shape index (κ3) is 7.06. The minimum Gasteiger partial charge on any atom is -0.399 e. The molecule has 4 aromatic rings. The molecule has 0 saturated heterocycles. The van der Waals surface area contributed by atoms with E-state index in [0.29, 0.717) is 32.3 Å². The van der Waals surface area contributed by atoms with Gasteiger partial charge in [-0.1, -0.05) is 35.7 Å². The smallest absolute Gasteiger partial charge is 0.295 e. The topological polar surface area (TPSA) is 161 Å². The summed E-state index contributed by atoms with van der Waals surface area (Å²) in [5.41, 5.74) is 13.6. The standard InChI is InChI=1S/C25H22N2O6S4/c26-18-3-7-20(8-4-18)34-22-11-1-16(14-24(22)36(28,29)30)13-17-2-12-23(25(15-17)37(31,32)33)35-21-9-5-19(27)6-10-21/h1-12,14-15H,13,26-27H2,(H,28,29,30)(H,31,32,33). The lowest BCUT2D eigenvalue weighted by Gasteiger charge is -2.12. The average Bonchev–Trinajstić information content (AvgIpc) is 2.82. The normalized spacial score (nSPS) is 11.9. The maximum Gasteiger partial charge on any atom is 0.295 e. The van der Waals surface area contributed by atoms with Crippen molar-refractivity contribution in [2.45, 2.75) is 35.8 Å². The van der Waals surface area contributed by atoms with Crippen LogP contribution in [0.4, 0.5) is 11.4 Å². The number of nitrogens with two attached hydrogens (primary N) is 2. The van der Waals surface area contributed by atoms with Crippen LogP contribution in [0.3, 0.4) is 0 Å². The molecule has 0 atom stereocenters. The molecule has 0 aliphatic carbocycles. The quantitative estimate of drug-likeness (QED) is 0.162. The van der Waals surface area contributed by atoms with Crippen molar-refractivity contribution in [3.05, 3.63) is 96.1 Å². The Morgan fingerprint density at radius 2 is 0.919 bits per heavy atom. The lowest BCUT2D eigenvalue weighted by molar-refractivity contribution is 0.479. The average molecular weight is 575 g/mol. The van der Waals surface area contributed by atoms with E-state index < -0.39 is 20.2 Å². The Bertz CT molecular complexity index is 1530. The second-order valence-corrected chi connectivity index (χ2v) is 13.0. The van der Waals surface area contributed by atoms with Crippen molar-refractivity contribution in [2.75, 3.05) is 11.5 Å². The van der Waals surface area contributed by atoms with Gasteiger partial charge in [-0.15, -0.1) is 0 Å². The summed E-state index contributed by atoms with van der Waals surface area (Å²) in [4.78, 5) is 1.59. The highest BCUT2D eigenvalue weighted by atomic mass is 32.2. The molecule has 0 fully saturated rings. The number of rotatable bonds is 8. The van der Waals surface area contributed by atoms with E-state index in [2.05, 4.69) is 0 Å². The van der Waals surface area contributed by atoms with Crippen molar-refractivity contribution in [3.63, 3.8) is 0 Å². The first-order chi connectivity index (χ1) is 17.4. The molecule has 0 unspecified atom stereocenters. The number of hydrogen-bond acceptors (Lipinski definition) is 8. The van der Waals surface area contributed by atoms with Crippen molar-refractivity contribution in [1.82, 2.24) is 0 Å². The lowest BCUT2D eigenvalue weighted by Crippen LogP contribution is -2.04. The van der Waals surface area contributed by atoms with Crippen molar-refractivity contribution in [3.8, 4) is 0 Å². The third-order valence-corrected chi connectivity index (χ3v) is 9.41. The molecule has 4 rings (SSSR count). The molecule has 0 aliphatic rings. The molecule has 192 valence electrons. The van der Waals surface area contributed by atoms with Crippen LogP contribution < -0.4 is 11.5 Å². The molecule has 6 N–H and O–H groups in total. The summed E-state index contributed by atoms with van der Waals surface area (Å²) in [6.45, 7) is 0. The second kappa shape index (κ2) is 10.8. The van der Waals surface area contributed by atoms with Crippen molar-refractivity contribution in [1.29, 1.82) is 0 Å². The van der Waals surface area contributed by atoms with E-state index in [1.54, 1.807) is 72.8 Å². The number of benzene rings is 4. The van der Waals surface area contributed by atoms with Gasteiger partial charge in [0.05, 0.1) is 0 Å². The van der Waals surface area contributed by atoms with Gasteiger partial charge in [0.2, 0.25) is 0 Å². The Morgan fingerprint density at radius 3 is 1.24 bits per heavy atom. The van der Waals surface area contributed by atoms with Gasteiger partial charge in [0.25, 0.3) is 20.2 Å². The first-order valence-corrected chi connectivity index (χ1v) is 15.2. The van der Waals surface area contributed by atoms with E-state index in [-0.39, 0.29) is 16.2 Å². The van der Waals surface area contributed by atoms with E-state index in [1.165, 1.54) is 12.1 Å². The van der Waals surface area contributed by atoms with Crippen LogP contribution >= 0.6 is 23.5 Å². The molecule has 0 saturated carbocycles. The number of anilines is 2. The summed E-state index contributed by atoms with van der Waals surface area (Å²) >= 11 is 2.31. The molecule has 0 heterocycles. The maximum atomic E-state index is 12.1. The van der Waals surface area contributed by atoms with Gasteiger partial charge < -0.3 is 11.5 Å². The van der Waals surface area contributed by atoms with Crippen molar-refractivity contribution >= 4 is 55.1 Å². The van der Waals surface area contributed by atoms with Gasteiger partial charge in [-0.2, -0.15) is 16.8 Å². The van der Waals surface area contributed by atoms with Crippen LogP contribution in [-0.2, 0) is 26.7 Å². The molecule has 4 aromatic carbocycles. The Labute approximate surface area is 223 Å². The van der Waals surface area contributed by atoms with Gasteiger partial charge in [-0.25, -0.2) is 0 Å². The first-order valence-electron chi connectivity index (χ1n) is 10.7. The van der Waals surface area contributed by atoms with Crippen LogP contribution in [0.15, 0.2) is 114 Å². The second-order valence-electron chi connectivity index (χ2n) is 8.03. The molecule has 0 aliphatic heterocycles. The maximum absolute atomic E-state index is 12.1. The van der Waals surface area contributed by atoms with Gasteiger partial charge >= 0.3 is 0 Å². The molecular formula is C25H22N2O6S4. The largest absolute Gasteiger partial charge is 0.399 e. The van der Waals surface area contributed by atoms with Crippen LogP contribution in [0, 0.1) is 0 Å². The van der Waals surface area contributed by atoms with E-state index in [1.807, 2.05) is 0 Å². The van der Waals surface area contributed by atoms with Crippen LogP contribution in [0.1, 0.15) is 11.1 Å². The van der Waals surface area contributed by atoms with Gasteiger partial charge in [0.15, 0.2) is 0 Å². The first kappa shape index (κ1) is 27.0. The predicted molar refractivity (Wildman–Crippen MR) is 145 cm³/mol. The van der Waals surface area contributed by atoms with Crippen LogP contribution in [-0.4, -0.2) is 25.9 Å². The van der Waals surface area contributed by atoms with Crippen LogP contribution in [0.2, 0.25) is 0 Å². The summed E-state index contributed by atoms with van der Waals surface area (Å²) < 4.78 is 68.2. The fraction of sp³-hybridized carbons (Fsp3) is 0.0400. The van der Waals surface area contributed by atoms with E-state index in [0.717, 1.165) is 33.3 Å². The Kier molecular flexibility index (Phi) is 7.88. The zero-order valence-electron chi connectivity index (χ0n) is 19.1. The minimum atomic E-state index is -4.55. The molecule has 12 heteroatoms. The minimum absolute atomic E-state index is 0.157. The van der Waals surface area contributed by atoms with Crippen molar-refractivity contribution < 1.29 is 25.9 Å². The van der Waals surface area contributed by atoms with Gasteiger partial charge in [-0.05, 0) is 90.3 Å². The van der Waals surface area contributed by atoms with Gasteiger partial charge in [0.1, 0.15) is 9.79 Å². The van der Waals surface area contributed by atoms with Crippen LogP contribution in [0.5, 0.6) is 0 Å². The molecule has 0 amide bonds. The fourth-order valence-electron chi connectivity index (χ4n) is 3.46. The number of nitrogen functional groups attached to an aromatic ring is 2. The zero-order chi connectivity index (χ0) is 26.8. The molecule has 8 nitrogen and oxygen atoms in total. The molecule has 0 radical (unpaired) electrons. The van der Waals surface area contributed by atoms with Crippen molar-refractivity contribution in [2.24, 2.45) is 0 Å². The van der Waals surface area contributed by atoms with E-state index in [9.17, 15) is 25.9 Å². The molecule has 37 heavy (non-hydrogen) atoms. The Morgan fingerprint density at radius 1 is 0.568 bits per heavy atom. The molecule has 0 bridgehead atoms. The summed E-state index contributed by atoms with van der Waals surface area (Å²) in [5, 5.41) is 0. The predicted octanol–water partition coefficient (Wildman–Crippen LogP) is 5.24. The fourth-order valence-corrected chi connectivity index (χ4v) is 7.23. The highest BCUT2D eigenvalue weighted by Gasteiger charge is 2.20. The summed E-state index contributed by atoms with van der Waals surface area (Å²) in [7, 11) is -9.09. The van der Waals surface area contributed by atoms with Crippen LogP contribution in [0.25, 0.3) is 0 Å². The molecular weight excluding hydrogens is 553 g/mol. The zero-order valence-corrected chi connectivity index (χ0v) is 22.4. The Balaban J connectivity index is 1.65. The van der Waals surface area contributed by atoms with Gasteiger partial charge in [-0.3, -0.25) is 9.11 Å². The summed E-state index contributed by atoms with van der Waals surface area (Å²) in [5.74, 6) is 0. The number of hydrogen-bond donors (Lipinski definition) is 4. The Hall–Kier alpha value is -3.00. The van der Waals surface area contributed by atoms with Gasteiger partial charge in [0, 0.05) is 31.0 Å². The highest BCUT2D eigenvalue weighted by Crippen LogP contribution is 2.36.